The summed E-state index contributed by atoms with van der Waals surface area (Å²) in [5.74, 6) is -1.86. The van der Waals surface area contributed by atoms with Gasteiger partial charge in [-0.15, -0.1) is 0 Å². The lowest BCUT2D eigenvalue weighted by Crippen LogP contribution is -2.32. The number of halogens is 1. The van der Waals surface area contributed by atoms with Crippen molar-refractivity contribution < 1.29 is 31.9 Å². The van der Waals surface area contributed by atoms with E-state index in [0.29, 0.717) is 17.9 Å². The highest BCUT2D eigenvalue weighted by molar-refractivity contribution is 7.89. The van der Waals surface area contributed by atoms with Gasteiger partial charge in [-0.1, -0.05) is 62.4 Å². The molecule has 4 aromatic rings. The van der Waals surface area contributed by atoms with Crippen LogP contribution in [0.2, 0.25) is 0 Å². The van der Waals surface area contributed by atoms with Gasteiger partial charge in [-0.25, -0.2) is 22.6 Å². The molecule has 1 atom stereocenters. The monoisotopic (exact) mass is 617 g/mol. The zero-order valence-corrected chi connectivity index (χ0v) is 25.4. The van der Waals surface area contributed by atoms with E-state index < -0.39 is 45.3 Å². The molecular weight excluding hydrogens is 585 g/mol. The van der Waals surface area contributed by atoms with Gasteiger partial charge in [0.15, 0.2) is 6.61 Å². The first-order valence-electron chi connectivity index (χ1n) is 14.2. The van der Waals surface area contributed by atoms with Crippen LogP contribution in [-0.2, 0) is 19.6 Å². The number of esters is 1. The molecule has 0 bridgehead atoms. The minimum absolute atomic E-state index is 0.133. The molecule has 228 valence electrons. The molecule has 1 unspecified atom stereocenters. The lowest BCUT2D eigenvalue weighted by atomic mass is 9.97. The quantitative estimate of drug-likeness (QED) is 0.216. The van der Waals surface area contributed by atoms with Crippen LogP contribution in [0.3, 0.4) is 0 Å². The van der Waals surface area contributed by atoms with Crippen molar-refractivity contribution in [3.8, 4) is 5.75 Å². The Morgan fingerprint density at radius 2 is 1.66 bits per heavy atom. The highest BCUT2D eigenvalue weighted by Gasteiger charge is 2.34. The minimum Gasteiger partial charge on any atom is -0.497 e. The van der Waals surface area contributed by atoms with Gasteiger partial charge in [0.05, 0.1) is 24.4 Å². The number of amides is 1. The van der Waals surface area contributed by atoms with Crippen LogP contribution in [0.15, 0.2) is 94.9 Å². The Morgan fingerprint density at radius 1 is 0.955 bits per heavy atom. The zero-order valence-electron chi connectivity index (χ0n) is 24.6. The highest BCUT2D eigenvalue weighted by atomic mass is 32.2. The van der Waals surface area contributed by atoms with Crippen molar-refractivity contribution in [2.45, 2.75) is 31.2 Å². The van der Waals surface area contributed by atoms with E-state index in [4.69, 9.17) is 9.47 Å². The molecule has 0 radical (unpaired) electrons. The van der Waals surface area contributed by atoms with Gasteiger partial charge in [-0.2, -0.15) is 9.41 Å². The molecule has 1 aliphatic heterocycles. The zero-order chi connectivity index (χ0) is 31.4. The molecular formula is C33H32FN3O6S. The summed E-state index contributed by atoms with van der Waals surface area (Å²) in [7, 11) is -2.60. The number of hydrogen-bond donors (Lipinski definition) is 0. The van der Waals surface area contributed by atoms with Crippen molar-refractivity contribution in [2.75, 3.05) is 26.8 Å². The van der Waals surface area contributed by atoms with E-state index in [-0.39, 0.29) is 18.7 Å². The molecule has 44 heavy (non-hydrogen) atoms. The Balaban J connectivity index is 1.39. The molecule has 0 fully saturated rings. The summed E-state index contributed by atoms with van der Waals surface area (Å²) in [5.41, 5.74) is 2.18. The van der Waals surface area contributed by atoms with Crippen LogP contribution in [0.5, 0.6) is 5.75 Å². The molecule has 11 heteroatoms. The molecule has 1 amide bonds. The van der Waals surface area contributed by atoms with E-state index in [9.17, 15) is 22.4 Å². The van der Waals surface area contributed by atoms with Crippen molar-refractivity contribution in [2.24, 2.45) is 5.10 Å². The number of methoxy groups -OCH3 is 1. The first kappa shape index (κ1) is 30.8. The topological polar surface area (TPSA) is 106 Å². The molecule has 0 aromatic heterocycles. The third kappa shape index (κ3) is 6.20. The van der Waals surface area contributed by atoms with Gasteiger partial charge in [-0.05, 0) is 58.3 Å². The van der Waals surface area contributed by atoms with Crippen LogP contribution >= 0.6 is 0 Å². The van der Waals surface area contributed by atoms with Gasteiger partial charge in [0.1, 0.15) is 16.5 Å². The standard InChI is InChI=1S/C33H32FN3O6S/c1-4-36(5-2)44(40,41)31-19-26(14-17-28(31)34)33(39)43-21-32(38)37-30(23-12-15-27(42-3)16-13-23)20-29(35-37)25-11-10-22-8-6-7-9-24(22)18-25/h6-19,30H,4-5,20-21H2,1-3H3. The molecule has 5 rings (SSSR count). The molecule has 9 nitrogen and oxygen atoms in total. The van der Waals surface area contributed by atoms with Crippen LogP contribution in [0, 0.1) is 5.82 Å². The maximum atomic E-state index is 14.6. The Labute approximate surface area is 255 Å². The molecule has 4 aromatic carbocycles. The first-order valence-corrected chi connectivity index (χ1v) is 15.6. The normalized spacial score (nSPS) is 15.0. The molecule has 0 spiro atoms. The second-order valence-corrected chi connectivity index (χ2v) is 12.1. The predicted octanol–water partition coefficient (Wildman–Crippen LogP) is 5.55. The summed E-state index contributed by atoms with van der Waals surface area (Å²) in [6, 6.07) is 23.7. The van der Waals surface area contributed by atoms with E-state index in [0.717, 1.165) is 44.4 Å². The fraction of sp³-hybridized carbons (Fsp3) is 0.242. The van der Waals surface area contributed by atoms with Crippen molar-refractivity contribution in [1.82, 2.24) is 9.31 Å². The minimum atomic E-state index is -4.17. The van der Waals surface area contributed by atoms with Crippen molar-refractivity contribution >= 4 is 38.4 Å². The highest BCUT2D eigenvalue weighted by Crippen LogP contribution is 2.34. The molecule has 0 aliphatic carbocycles. The van der Waals surface area contributed by atoms with E-state index in [1.54, 1.807) is 33.1 Å². The van der Waals surface area contributed by atoms with Crippen LogP contribution < -0.4 is 4.74 Å². The van der Waals surface area contributed by atoms with E-state index in [1.165, 1.54) is 5.01 Å². The van der Waals surface area contributed by atoms with E-state index in [2.05, 4.69) is 5.10 Å². The van der Waals surface area contributed by atoms with Gasteiger partial charge >= 0.3 is 5.97 Å². The Morgan fingerprint density at radius 3 is 2.34 bits per heavy atom. The van der Waals surface area contributed by atoms with Gasteiger partial charge < -0.3 is 9.47 Å². The number of hydrogen-bond acceptors (Lipinski definition) is 7. The smallest absolute Gasteiger partial charge is 0.338 e. The SMILES string of the molecule is CCN(CC)S(=O)(=O)c1cc(C(=O)OCC(=O)N2N=C(c3ccc4ccccc4c3)CC2c2ccc(OC)cc2)ccc1F. The van der Waals surface area contributed by atoms with Gasteiger partial charge in [0.2, 0.25) is 10.0 Å². The van der Waals surface area contributed by atoms with Gasteiger partial charge in [0, 0.05) is 19.5 Å². The average Bonchev–Trinajstić information content (AvgIpc) is 3.49. The lowest BCUT2D eigenvalue weighted by molar-refractivity contribution is -0.136. The number of sulfonamides is 1. The Hall–Kier alpha value is -4.61. The first-order chi connectivity index (χ1) is 21.2. The maximum absolute atomic E-state index is 14.6. The number of ether oxygens (including phenoxy) is 2. The summed E-state index contributed by atoms with van der Waals surface area (Å²) < 4.78 is 52.0. The number of carbonyl (C=O) groups is 2. The van der Waals surface area contributed by atoms with Crippen LogP contribution in [0.1, 0.15) is 47.8 Å². The van der Waals surface area contributed by atoms with Gasteiger partial charge in [0.25, 0.3) is 5.91 Å². The summed E-state index contributed by atoms with van der Waals surface area (Å²) in [4.78, 5) is 25.8. The number of rotatable bonds is 10. The summed E-state index contributed by atoms with van der Waals surface area (Å²) >= 11 is 0. The average molecular weight is 618 g/mol. The molecule has 0 saturated carbocycles. The van der Waals surface area contributed by atoms with Crippen LogP contribution in [0.25, 0.3) is 10.8 Å². The van der Waals surface area contributed by atoms with Crippen molar-refractivity contribution in [3.05, 3.63) is 107 Å². The van der Waals surface area contributed by atoms with Crippen LogP contribution in [-0.4, -0.2) is 62.1 Å². The lowest BCUT2D eigenvalue weighted by Gasteiger charge is -2.22. The second-order valence-electron chi connectivity index (χ2n) is 10.2. The number of hydrazone groups is 1. The number of nitrogens with zero attached hydrogens (tertiary/aromatic N) is 3. The molecule has 0 N–H and O–H groups in total. The number of carbonyl (C=O) groups excluding carboxylic acids is 2. The summed E-state index contributed by atoms with van der Waals surface area (Å²) in [5, 5.41) is 8.08. The van der Waals surface area contributed by atoms with E-state index in [1.807, 2.05) is 54.6 Å². The molecule has 1 aliphatic rings. The third-order valence-corrected chi connectivity index (χ3v) is 9.63. The Kier molecular flexibility index (Phi) is 9.07. The number of benzene rings is 4. The second kappa shape index (κ2) is 12.9. The molecule has 0 saturated heterocycles. The fourth-order valence-electron chi connectivity index (χ4n) is 5.18. The maximum Gasteiger partial charge on any atom is 0.338 e. The fourth-order valence-corrected chi connectivity index (χ4v) is 6.73. The largest absolute Gasteiger partial charge is 0.497 e. The van der Waals surface area contributed by atoms with Crippen molar-refractivity contribution in [3.63, 3.8) is 0 Å². The number of fused-ring (bicyclic) bond motifs is 1. The third-order valence-electron chi connectivity index (χ3n) is 7.57. The summed E-state index contributed by atoms with van der Waals surface area (Å²) in [6.07, 6.45) is 0.425. The molecule has 1 heterocycles. The Bertz CT molecular complexity index is 1840. The predicted molar refractivity (Wildman–Crippen MR) is 164 cm³/mol. The van der Waals surface area contributed by atoms with Crippen molar-refractivity contribution in [1.29, 1.82) is 0 Å². The van der Waals surface area contributed by atoms with E-state index >= 15 is 0 Å². The van der Waals surface area contributed by atoms with Gasteiger partial charge in [-0.3, -0.25) is 4.79 Å². The van der Waals surface area contributed by atoms with Crippen LogP contribution in [0.4, 0.5) is 4.39 Å². The summed E-state index contributed by atoms with van der Waals surface area (Å²) in [6.45, 7) is 2.88.